The highest BCUT2D eigenvalue weighted by atomic mass is 16.5. The molecule has 1 fully saturated rings. The summed E-state index contributed by atoms with van der Waals surface area (Å²) in [6.45, 7) is 1.93. The van der Waals surface area contributed by atoms with E-state index in [0.29, 0.717) is 37.8 Å². The van der Waals surface area contributed by atoms with Crippen LogP contribution in [0.5, 0.6) is 23.0 Å². The van der Waals surface area contributed by atoms with Gasteiger partial charge in [0.15, 0.2) is 0 Å². The Bertz CT molecular complexity index is 785. The van der Waals surface area contributed by atoms with E-state index >= 15 is 0 Å². The van der Waals surface area contributed by atoms with E-state index in [4.69, 9.17) is 23.7 Å². The number of rotatable bonds is 8. The number of morpholine rings is 1. The van der Waals surface area contributed by atoms with E-state index in [2.05, 4.69) is 0 Å². The van der Waals surface area contributed by atoms with Crippen LogP contribution in [0.4, 0.5) is 0 Å². The van der Waals surface area contributed by atoms with Crippen molar-refractivity contribution in [2.75, 3.05) is 47.6 Å². The SMILES string of the molecule is COc1ccc(OCC2CN(C(=O)Cc3cc(OC)cc(OC)c3)CCO2)cc1. The van der Waals surface area contributed by atoms with Gasteiger partial charge in [-0.1, -0.05) is 0 Å². The van der Waals surface area contributed by atoms with Crippen LogP contribution in [0.15, 0.2) is 42.5 Å². The summed E-state index contributed by atoms with van der Waals surface area (Å²) in [5.41, 5.74) is 0.851. The molecule has 156 valence electrons. The van der Waals surface area contributed by atoms with Crippen LogP contribution in [0.25, 0.3) is 0 Å². The van der Waals surface area contributed by atoms with E-state index in [9.17, 15) is 4.79 Å². The fourth-order valence-corrected chi connectivity index (χ4v) is 3.16. The minimum Gasteiger partial charge on any atom is -0.497 e. The minimum atomic E-state index is -0.172. The number of methoxy groups -OCH3 is 3. The Morgan fingerprint density at radius 1 is 0.966 bits per heavy atom. The Hall–Kier alpha value is -2.93. The third-order valence-corrected chi connectivity index (χ3v) is 4.75. The van der Waals surface area contributed by atoms with Gasteiger partial charge in [0.1, 0.15) is 35.7 Å². The van der Waals surface area contributed by atoms with Crippen LogP contribution >= 0.6 is 0 Å². The zero-order valence-electron chi connectivity index (χ0n) is 17.1. The standard InChI is InChI=1S/C22H27NO6/c1-25-17-4-6-18(7-5-17)29-15-21-14-23(8-9-28-21)22(24)12-16-10-19(26-2)13-20(11-16)27-3/h4-7,10-11,13,21H,8-9,12,14-15H2,1-3H3. The first kappa shape index (κ1) is 20.8. The van der Waals surface area contributed by atoms with Gasteiger partial charge in [0.05, 0.1) is 40.9 Å². The van der Waals surface area contributed by atoms with Gasteiger partial charge in [-0.25, -0.2) is 0 Å². The normalized spacial score (nSPS) is 16.2. The van der Waals surface area contributed by atoms with Gasteiger partial charge in [-0.15, -0.1) is 0 Å². The molecule has 1 heterocycles. The van der Waals surface area contributed by atoms with Crippen molar-refractivity contribution >= 4 is 5.91 Å². The van der Waals surface area contributed by atoms with Crippen molar-refractivity contribution in [3.8, 4) is 23.0 Å². The van der Waals surface area contributed by atoms with Gasteiger partial charge in [0, 0.05) is 12.6 Å². The topological polar surface area (TPSA) is 66.5 Å². The number of ether oxygens (including phenoxy) is 5. The van der Waals surface area contributed by atoms with Crippen molar-refractivity contribution in [3.63, 3.8) is 0 Å². The highest BCUT2D eigenvalue weighted by Crippen LogP contribution is 2.23. The smallest absolute Gasteiger partial charge is 0.227 e. The number of amides is 1. The average Bonchev–Trinajstić information content (AvgIpc) is 2.77. The van der Waals surface area contributed by atoms with Gasteiger partial charge in [-0.05, 0) is 42.0 Å². The van der Waals surface area contributed by atoms with Gasteiger partial charge in [-0.2, -0.15) is 0 Å². The van der Waals surface area contributed by atoms with E-state index in [1.807, 2.05) is 41.3 Å². The molecule has 1 atom stereocenters. The predicted octanol–water partition coefficient (Wildman–Crippen LogP) is 2.56. The average molecular weight is 401 g/mol. The van der Waals surface area contributed by atoms with Crippen LogP contribution in [0.2, 0.25) is 0 Å². The lowest BCUT2D eigenvalue weighted by Gasteiger charge is -2.33. The molecule has 0 spiro atoms. The Balaban J connectivity index is 1.54. The zero-order chi connectivity index (χ0) is 20.6. The fourth-order valence-electron chi connectivity index (χ4n) is 3.16. The van der Waals surface area contributed by atoms with Gasteiger partial charge >= 0.3 is 0 Å². The monoisotopic (exact) mass is 401 g/mol. The molecule has 1 amide bonds. The van der Waals surface area contributed by atoms with Crippen LogP contribution in [0.1, 0.15) is 5.56 Å². The molecule has 7 nitrogen and oxygen atoms in total. The maximum Gasteiger partial charge on any atom is 0.227 e. The third kappa shape index (κ3) is 5.77. The number of nitrogens with zero attached hydrogens (tertiary/aromatic N) is 1. The van der Waals surface area contributed by atoms with E-state index in [-0.39, 0.29) is 18.4 Å². The summed E-state index contributed by atoms with van der Waals surface area (Å²) < 4.78 is 27.3. The number of carbonyl (C=O) groups excluding carboxylic acids is 1. The molecule has 0 saturated carbocycles. The molecular formula is C22H27NO6. The van der Waals surface area contributed by atoms with E-state index in [1.165, 1.54) is 0 Å². The van der Waals surface area contributed by atoms with Crippen molar-refractivity contribution < 1.29 is 28.5 Å². The van der Waals surface area contributed by atoms with Crippen LogP contribution in [0.3, 0.4) is 0 Å². The minimum absolute atomic E-state index is 0.0399. The second-order valence-corrected chi connectivity index (χ2v) is 6.72. The fraction of sp³-hybridized carbons (Fsp3) is 0.409. The van der Waals surface area contributed by atoms with Crippen LogP contribution in [0, 0.1) is 0 Å². The Morgan fingerprint density at radius 2 is 1.59 bits per heavy atom. The predicted molar refractivity (Wildman–Crippen MR) is 108 cm³/mol. The molecule has 0 radical (unpaired) electrons. The molecule has 7 heteroatoms. The maximum atomic E-state index is 12.8. The Kier molecular flexibility index (Phi) is 7.19. The van der Waals surface area contributed by atoms with Crippen molar-refractivity contribution in [2.45, 2.75) is 12.5 Å². The molecule has 1 saturated heterocycles. The second-order valence-electron chi connectivity index (χ2n) is 6.72. The van der Waals surface area contributed by atoms with Crippen molar-refractivity contribution in [3.05, 3.63) is 48.0 Å². The summed E-state index contributed by atoms with van der Waals surface area (Å²) in [6, 6.07) is 12.9. The maximum absolute atomic E-state index is 12.8. The number of benzene rings is 2. The summed E-state index contributed by atoms with van der Waals surface area (Å²) in [5, 5.41) is 0. The van der Waals surface area contributed by atoms with Gasteiger partial charge in [0.25, 0.3) is 0 Å². The summed E-state index contributed by atoms with van der Waals surface area (Å²) in [6.07, 6.45) is 0.106. The molecule has 1 aliphatic rings. The molecule has 2 aromatic carbocycles. The largest absolute Gasteiger partial charge is 0.497 e. The summed E-state index contributed by atoms with van der Waals surface area (Å²) >= 11 is 0. The molecule has 0 aliphatic carbocycles. The summed E-state index contributed by atoms with van der Waals surface area (Å²) in [5.74, 6) is 2.89. The molecule has 1 aliphatic heterocycles. The molecule has 1 unspecified atom stereocenters. The molecule has 2 aromatic rings. The lowest BCUT2D eigenvalue weighted by atomic mass is 10.1. The number of hydrogen-bond donors (Lipinski definition) is 0. The highest BCUT2D eigenvalue weighted by Gasteiger charge is 2.25. The van der Waals surface area contributed by atoms with Gasteiger partial charge < -0.3 is 28.6 Å². The first-order valence-corrected chi connectivity index (χ1v) is 9.49. The zero-order valence-corrected chi connectivity index (χ0v) is 17.1. The third-order valence-electron chi connectivity index (χ3n) is 4.75. The Labute approximate surface area is 171 Å². The molecule has 3 rings (SSSR count). The number of hydrogen-bond acceptors (Lipinski definition) is 6. The van der Waals surface area contributed by atoms with Crippen LogP contribution in [-0.2, 0) is 16.0 Å². The summed E-state index contributed by atoms with van der Waals surface area (Å²) in [4.78, 5) is 14.6. The first-order valence-electron chi connectivity index (χ1n) is 9.49. The van der Waals surface area contributed by atoms with Crippen molar-refractivity contribution in [1.29, 1.82) is 0 Å². The lowest BCUT2D eigenvalue weighted by Crippen LogP contribution is -2.48. The quantitative estimate of drug-likeness (QED) is 0.677. The summed E-state index contributed by atoms with van der Waals surface area (Å²) in [7, 11) is 4.81. The van der Waals surface area contributed by atoms with Gasteiger partial charge in [-0.3, -0.25) is 4.79 Å². The van der Waals surface area contributed by atoms with E-state index in [1.54, 1.807) is 27.4 Å². The molecular weight excluding hydrogens is 374 g/mol. The lowest BCUT2D eigenvalue weighted by molar-refractivity contribution is -0.139. The van der Waals surface area contributed by atoms with Crippen molar-refractivity contribution in [2.24, 2.45) is 0 Å². The first-order chi connectivity index (χ1) is 14.1. The van der Waals surface area contributed by atoms with Crippen LogP contribution in [-0.4, -0.2) is 64.5 Å². The molecule has 0 N–H and O–H groups in total. The van der Waals surface area contributed by atoms with Crippen LogP contribution < -0.4 is 18.9 Å². The number of carbonyl (C=O) groups is 1. The highest BCUT2D eigenvalue weighted by molar-refractivity contribution is 5.79. The van der Waals surface area contributed by atoms with Gasteiger partial charge in [0.2, 0.25) is 5.91 Å². The van der Waals surface area contributed by atoms with E-state index in [0.717, 1.165) is 17.1 Å². The van der Waals surface area contributed by atoms with Crippen molar-refractivity contribution in [1.82, 2.24) is 4.90 Å². The molecule has 29 heavy (non-hydrogen) atoms. The second kappa shape index (κ2) is 10.0. The Morgan fingerprint density at radius 3 is 2.21 bits per heavy atom. The molecule has 0 bridgehead atoms. The molecule has 0 aromatic heterocycles. The van der Waals surface area contributed by atoms with E-state index < -0.39 is 0 Å².